The van der Waals surface area contributed by atoms with E-state index < -0.39 is 17.7 Å². The number of carboxylic acids is 1. The van der Waals surface area contributed by atoms with Gasteiger partial charge in [-0.3, -0.25) is 14.4 Å². The molecule has 0 amide bonds. The molecule has 0 aliphatic rings. The van der Waals surface area contributed by atoms with Crippen LogP contribution in [-0.2, 0) is 9.59 Å². The van der Waals surface area contributed by atoms with Crippen molar-refractivity contribution in [2.24, 2.45) is 5.92 Å². The van der Waals surface area contributed by atoms with Crippen LogP contribution in [0.15, 0.2) is 24.3 Å². The molecule has 1 aromatic rings. The van der Waals surface area contributed by atoms with Gasteiger partial charge in [0.2, 0.25) is 0 Å². The summed E-state index contributed by atoms with van der Waals surface area (Å²) < 4.78 is 12.7. The first-order valence-electron chi connectivity index (χ1n) is 5.91. The molecule has 102 valence electrons. The lowest BCUT2D eigenvalue weighted by molar-refractivity contribution is -0.140. The number of halogens is 1. The number of carbonyl (C=O) groups excluding carboxylic acids is 2. The van der Waals surface area contributed by atoms with Crippen LogP contribution in [0, 0.1) is 11.7 Å². The fourth-order valence-corrected chi connectivity index (χ4v) is 1.75. The predicted molar refractivity (Wildman–Crippen MR) is 66.4 cm³/mol. The second-order valence-corrected chi connectivity index (χ2v) is 4.37. The molecule has 1 aromatic carbocycles. The Morgan fingerprint density at radius 3 is 2.26 bits per heavy atom. The van der Waals surface area contributed by atoms with Crippen LogP contribution >= 0.6 is 0 Å². The summed E-state index contributed by atoms with van der Waals surface area (Å²) in [5.41, 5.74) is 0.360. The topological polar surface area (TPSA) is 71.4 Å². The lowest BCUT2D eigenvalue weighted by Crippen LogP contribution is -2.17. The van der Waals surface area contributed by atoms with Gasteiger partial charge in [-0.25, -0.2) is 4.39 Å². The van der Waals surface area contributed by atoms with Crippen molar-refractivity contribution in [3.63, 3.8) is 0 Å². The van der Waals surface area contributed by atoms with Crippen molar-refractivity contribution in [3.8, 4) is 0 Å². The van der Waals surface area contributed by atoms with Crippen LogP contribution in [0.3, 0.4) is 0 Å². The normalized spacial score (nSPS) is 11.9. The molecule has 0 saturated carbocycles. The van der Waals surface area contributed by atoms with Gasteiger partial charge >= 0.3 is 5.97 Å². The third-order valence-corrected chi connectivity index (χ3v) is 2.88. The van der Waals surface area contributed by atoms with Crippen molar-refractivity contribution >= 4 is 17.5 Å². The van der Waals surface area contributed by atoms with Crippen LogP contribution in [0.4, 0.5) is 4.39 Å². The number of Topliss-reactive ketones (excluding diaryl/α,β-unsaturated/α-hetero) is 2. The fraction of sp³-hybridized carbons (Fsp3) is 0.357. The number of benzene rings is 1. The molecule has 1 unspecified atom stereocenters. The van der Waals surface area contributed by atoms with Gasteiger partial charge < -0.3 is 5.11 Å². The maximum atomic E-state index is 12.7. The van der Waals surface area contributed by atoms with Gasteiger partial charge in [-0.1, -0.05) is 0 Å². The molecular weight excluding hydrogens is 251 g/mol. The zero-order valence-electron chi connectivity index (χ0n) is 10.6. The summed E-state index contributed by atoms with van der Waals surface area (Å²) in [5, 5.41) is 8.67. The lowest BCUT2D eigenvalue weighted by Gasteiger charge is -2.10. The average molecular weight is 266 g/mol. The fourth-order valence-electron chi connectivity index (χ4n) is 1.75. The van der Waals surface area contributed by atoms with E-state index in [2.05, 4.69) is 0 Å². The van der Waals surface area contributed by atoms with Crippen LogP contribution in [0.5, 0.6) is 0 Å². The highest BCUT2D eigenvalue weighted by atomic mass is 19.1. The first kappa shape index (κ1) is 15.0. The summed E-state index contributed by atoms with van der Waals surface area (Å²) in [6.07, 6.45) is -0.00691. The summed E-state index contributed by atoms with van der Waals surface area (Å²) in [4.78, 5) is 33.6. The number of hydrogen-bond donors (Lipinski definition) is 1. The van der Waals surface area contributed by atoms with E-state index in [9.17, 15) is 18.8 Å². The van der Waals surface area contributed by atoms with E-state index in [1.165, 1.54) is 31.2 Å². The highest BCUT2D eigenvalue weighted by Gasteiger charge is 2.19. The number of rotatable bonds is 7. The summed E-state index contributed by atoms with van der Waals surface area (Å²) >= 11 is 0. The quantitative estimate of drug-likeness (QED) is 0.769. The van der Waals surface area contributed by atoms with Gasteiger partial charge in [0, 0.05) is 17.9 Å². The smallest absolute Gasteiger partial charge is 0.304 e. The molecule has 19 heavy (non-hydrogen) atoms. The summed E-state index contributed by atoms with van der Waals surface area (Å²) in [6.45, 7) is 1.32. The van der Waals surface area contributed by atoms with Crippen molar-refractivity contribution in [3.05, 3.63) is 35.6 Å². The Hall–Kier alpha value is -2.04. The predicted octanol–water partition coefficient (Wildman–Crippen LogP) is 2.47. The van der Waals surface area contributed by atoms with Crippen molar-refractivity contribution in [1.82, 2.24) is 0 Å². The van der Waals surface area contributed by atoms with Crippen LogP contribution in [0.1, 0.15) is 36.5 Å². The summed E-state index contributed by atoms with van der Waals surface area (Å²) in [7, 11) is 0. The third-order valence-electron chi connectivity index (χ3n) is 2.88. The molecule has 5 heteroatoms. The standard InChI is InChI=1S/C14H15FO4/c1-9(16)11(8-14(18)19)4-7-13(17)10-2-5-12(15)6-3-10/h2-3,5-6,11H,4,7-8H2,1H3,(H,18,19). The molecule has 4 nitrogen and oxygen atoms in total. The van der Waals surface area contributed by atoms with Crippen molar-refractivity contribution in [2.45, 2.75) is 26.2 Å². The maximum absolute atomic E-state index is 12.7. The number of ketones is 2. The average Bonchev–Trinajstić information content (AvgIpc) is 2.34. The molecule has 0 fully saturated rings. The van der Waals surface area contributed by atoms with Gasteiger partial charge in [-0.05, 0) is 37.6 Å². The largest absolute Gasteiger partial charge is 0.481 e. The SMILES string of the molecule is CC(=O)C(CCC(=O)c1ccc(F)cc1)CC(=O)O. The van der Waals surface area contributed by atoms with E-state index in [1.807, 2.05) is 0 Å². The Balaban J connectivity index is 2.59. The van der Waals surface area contributed by atoms with Gasteiger partial charge in [0.15, 0.2) is 5.78 Å². The molecule has 0 aliphatic carbocycles. The molecule has 0 aliphatic heterocycles. The van der Waals surface area contributed by atoms with Gasteiger partial charge in [-0.2, -0.15) is 0 Å². The molecule has 0 spiro atoms. The van der Waals surface area contributed by atoms with Gasteiger partial charge in [-0.15, -0.1) is 0 Å². The number of carbonyl (C=O) groups is 3. The van der Waals surface area contributed by atoms with Crippen LogP contribution < -0.4 is 0 Å². The highest BCUT2D eigenvalue weighted by molar-refractivity contribution is 5.96. The first-order chi connectivity index (χ1) is 8.90. The Morgan fingerprint density at radius 1 is 1.21 bits per heavy atom. The molecule has 1 N–H and O–H groups in total. The Labute approximate surface area is 110 Å². The van der Waals surface area contributed by atoms with Gasteiger partial charge in [0.05, 0.1) is 6.42 Å². The minimum absolute atomic E-state index is 0.0726. The van der Waals surface area contributed by atoms with E-state index in [0.29, 0.717) is 5.56 Å². The van der Waals surface area contributed by atoms with Gasteiger partial charge in [0.1, 0.15) is 11.6 Å². The number of hydrogen-bond acceptors (Lipinski definition) is 3. The summed E-state index contributed by atoms with van der Waals surface area (Å²) in [6, 6.07) is 5.12. The van der Waals surface area contributed by atoms with E-state index in [-0.39, 0.29) is 30.8 Å². The van der Waals surface area contributed by atoms with E-state index >= 15 is 0 Å². The Morgan fingerprint density at radius 2 is 1.79 bits per heavy atom. The molecule has 0 saturated heterocycles. The molecule has 1 rings (SSSR count). The van der Waals surface area contributed by atoms with Crippen LogP contribution in [-0.4, -0.2) is 22.6 Å². The number of aliphatic carboxylic acids is 1. The van der Waals surface area contributed by atoms with Crippen molar-refractivity contribution < 1.29 is 23.9 Å². The second-order valence-electron chi connectivity index (χ2n) is 4.37. The molecule has 0 heterocycles. The zero-order chi connectivity index (χ0) is 14.4. The van der Waals surface area contributed by atoms with E-state index in [0.717, 1.165) is 0 Å². The number of carboxylic acid groups (broad SMARTS) is 1. The molecule has 0 radical (unpaired) electrons. The van der Waals surface area contributed by atoms with E-state index in [1.54, 1.807) is 0 Å². The minimum atomic E-state index is -1.06. The zero-order valence-corrected chi connectivity index (χ0v) is 10.6. The maximum Gasteiger partial charge on any atom is 0.304 e. The van der Waals surface area contributed by atoms with Crippen molar-refractivity contribution in [2.75, 3.05) is 0 Å². The monoisotopic (exact) mass is 266 g/mol. The Kier molecular flexibility index (Phi) is 5.36. The lowest BCUT2D eigenvalue weighted by atomic mass is 9.93. The Bertz CT molecular complexity index is 479. The minimum Gasteiger partial charge on any atom is -0.481 e. The molecule has 0 bridgehead atoms. The summed E-state index contributed by atoms with van der Waals surface area (Å²) in [5.74, 6) is -2.61. The van der Waals surface area contributed by atoms with E-state index in [4.69, 9.17) is 5.11 Å². The highest BCUT2D eigenvalue weighted by Crippen LogP contribution is 2.15. The molecular formula is C14H15FO4. The van der Waals surface area contributed by atoms with Crippen LogP contribution in [0.2, 0.25) is 0 Å². The van der Waals surface area contributed by atoms with Gasteiger partial charge in [0.25, 0.3) is 0 Å². The van der Waals surface area contributed by atoms with Crippen LogP contribution in [0.25, 0.3) is 0 Å². The second kappa shape index (κ2) is 6.78. The first-order valence-corrected chi connectivity index (χ1v) is 5.91. The van der Waals surface area contributed by atoms with Crippen molar-refractivity contribution in [1.29, 1.82) is 0 Å². The molecule has 0 aromatic heterocycles. The molecule has 1 atom stereocenters. The third kappa shape index (κ3) is 4.99.